The highest BCUT2D eigenvalue weighted by Crippen LogP contribution is 2.22. The standard InChI is InChI=1S/C11H19N3/c1-4-5-10(13-3)9-6-8(2)7-14-11(9)12/h6-7,10,13H,4-5H2,1-3H3,(H2,12,14). The van der Waals surface area contributed by atoms with Crippen molar-refractivity contribution in [3.8, 4) is 0 Å². The van der Waals surface area contributed by atoms with E-state index in [4.69, 9.17) is 5.73 Å². The van der Waals surface area contributed by atoms with Gasteiger partial charge in [0.05, 0.1) is 0 Å². The monoisotopic (exact) mass is 193 g/mol. The summed E-state index contributed by atoms with van der Waals surface area (Å²) in [4.78, 5) is 4.17. The molecule has 0 spiro atoms. The van der Waals surface area contributed by atoms with Gasteiger partial charge in [-0.25, -0.2) is 4.98 Å². The fourth-order valence-corrected chi connectivity index (χ4v) is 1.63. The Bertz CT molecular complexity index is 297. The van der Waals surface area contributed by atoms with Crippen LogP contribution in [0.2, 0.25) is 0 Å². The van der Waals surface area contributed by atoms with E-state index in [-0.39, 0.29) is 0 Å². The van der Waals surface area contributed by atoms with Gasteiger partial charge in [-0.2, -0.15) is 0 Å². The lowest BCUT2D eigenvalue weighted by molar-refractivity contribution is 0.541. The molecule has 78 valence electrons. The molecule has 0 aliphatic carbocycles. The van der Waals surface area contributed by atoms with Crippen LogP contribution in [0, 0.1) is 6.92 Å². The van der Waals surface area contributed by atoms with Gasteiger partial charge in [0.1, 0.15) is 5.82 Å². The first-order valence-corrected chi connectivity index (χ1v) is 5.08. The summed E-state index contributed by atoms with van der Waals surface area (Å²) in [6.45, 7) is 4.21. The summed E-state index contributed by atoms with van der Waals surface area (Å²) >= 11 is 0. The van der Waals surface area contributed by atoms with E-state index >= 15 is 0 Å². The lowest BCUT2D eigenvalue weighted by Gasteiger charge is -2.17. The summed E-state index contributed by atoms with van der Waals surface area (Å²) in [5, 5.41) is 3.27. The summed E-state index contributed by atoms with van der Waals surface area (Å²) in [5.41, 5.74) is 8.12. The Balaban J connectivity index is 2.96. The van der Waals surface area contributed by atoms with Crippen LogP contribution in [0.5, 0.6) is 0 Å². The minimum atomic E-state index is 0.326. The summed E-state index contributed by atoms with van der Waals surface area (Å²) in [7, 11) is 1.96. The third kappa shape index (κ3) is 2.45. The Morgan fingerprint density at radius 3 is 2.86 bits per heavy atom. The van der Waals surface area contributed by atoms with Gasteiger partial charge in [0.15, 0.2) is 0 Å². The van der Waals surface area contributed by atoms with E-state index in [1.54, 1.807) is 6.20 Å². The Kier molecular flexibility index (Phi) is 3.89. The average Bonchev–Trinajstić information content (AvgIpc) is 2.18. The van der Waals surface area contributed by atoms with E-state index in [0.717, 1.165) is 24.0 Å². The molecule has 1 unspecified atom stereocenters. The Morgan fingerprint density at radius 2 is 2.29 bits per heavy atom. The van der Waals surface area contributed by atoms with E-state index in [1.165, 1.54) is 0 Å². The minimum absolute atomic E-state index is 0.326. The molecule has 1 heterocycles. The van der Waals surface area contributed by atoms with Crippen molar-refractivity contribution < 1.29 is 0 Å². The van der Waals surface area contributed by atoms with Crippen LogP contribution in [0.3, 0.4) is 0 Å². The number of hydrogen-bond acceptors (Lipinski definition) is 3. The molecule has 0 bridgehead atoms. The van der Waals surface area contributed by atoms with Crippen molar-refractivity contribution in [2.24, 2.45) is 0 Å². The van der Waals surface area contributed by atoms with Gasteiger partial charge in [-0.05, 0) is 32.0 Å². The van der Waals surface area contributed by atoms with E-state index in [1.807, 2.05) is 14.0 Å². The predicted molar refractivity (Wildman–Crippen MR) is 60.1 cm³/mol. The van der Waals surface area contributed by atoms with Crippen molar-refractivity contribution in [3.63, 3.8) is 0 Å². The molecular formula is C11H19N3. The summed E-state index contributed by atoms with van der Waals surface area (Å²) in [6.07, 6.45) is 4.03. The van der Waals surface area contributed by atoms with Crippen LogP contribution in [0.1, 0.15) is 36.9 Å². The first kappa shape index (κ1) is 11.0. The fraction of sp³-hybridized carbons (Fsp3) is 0.545. The molecule has 0 fully saturated rings. The van der Waals surface area contributed by atoms with Crippen LogP contribution in [0.25, 0.3) is 0 Å². The number of rotatable bonds is 4. The number of pyridine rings is 1. The van der Waals surface area contributed by atoms with E-state index in [2.05, 4.69) is 23.3 Å². The predicted octanol–water partition coefficient (Wildman–Crippen LogP) is 2.03. The molecular weight excluding hydrogens is 174 g/mol. The van der Waals surface area contributed by atoms with Gasteiger partial charge in [-0.3, -0.25) is 0 Å². The second-order valence-electron chi connectivity index (χ2n) is 3.62. The number of aryl methyl sites for hydroxylation is 1. The van der Waals surface area contributed by atoms with Gasteiger partial charge in [-0.1, -0.05) is 13.3 Å². The molecule has 0 radical (unpaired) electrons. The van der Waals surface area contributed by atoms with Crippen LogP contribution in [-0.4, -0.2) is 12.0 Å². The van der Waals surface area contributed by atoms with Crippen LogP contribution in [0.15, 0.2) is 12.3 Å². The van der Waals surface area contributed by atoms with E-state index < -0.39 is 0 Å². The summed E-state index contributed by atoms with van der Waals surface area (Å²) < 4.78 is 0. The van der Waals surface area contributed by atoms with Crippen molar-refractivity contribution in [1.29, 1.82) is 0 Å². The molecule has 1 aromatic rings. The molecule has 3 N–H and O–H groups in total. The zero-order valence-electron chi connectivity index (χ0n) is 9.17. The second-order valence-corrected chi connectivity index (χ2v) is 3.62. The van der Waals surface area contributed by atoms with Gasteiger partial charge in [0.2, 0.25) is 0 Å². The number of anilines is 1. The van der Waals surface area contributed by atoms with Gasteiger partial charge in [0.25, 0.3) is 0 Å². The van der Waals surface area contributed by atoms with Crippen LogP contribution >= 0.6 is 0 Å². The second kappa shape index (κ2) is 4.96. The van der Waals surface area contributed by atoms with Crippen LogP contribution in [-0.2, 0) is 0 Å². The molecule has 0 saturated carbocycles. The molecule has 14 heavy (non-hydrogen) atoms. The van der Waals surface area contributed by atoms with Crippen molar-refractivity contribution >= 4 is 5.82 Å². The number of nitrogen functional groups attached to an aromatic ring is 1. The maximum absolute atomic E-state index is 5.85. The molecule has 0 aromatic carbocycles. The molecule has 0 saturated heterocycles. The molecule has 0 amide bonds. The number of hydrogen-bond donors (Lipinski definition) is 2. The zero-order chi connectivity index (χ0) is 10.6. The Morgan fingerprint density at radius 1 is 1.57 bits per heavy atom. The van der Waals surface area contributed by atoms with Crippen LogP contribution < -0.4 is 11.1 Å². The average molecular weight is 193 g/mol. The summed E-state index contributed by atoms with van der Waals surface area (Å²) in [5.74, 6) is 0.642. The third-order valence-electron chi connectivity index (χ3n) is 2.39. The number of nitrogens with one attached hydrogen (secondary N) is 1. The first-order valence-electron chi connectivity index (χ1n) is 5.08. The van der Waals surface area contributed by atoms with Crippen molar-refractivity contribution in [2.75, 3.05) is 12.8 Å². The quantitative estimate of drug-likeness (QED) is 0.769. The molecule has 0 aliphatic heterocycles. The lowest BCUT2D eigenvalue weighted by Crippen LogP contribution is -2.18. The minimum Gasteiger partial charge on any atom is -0.383 e. The smallest absolute Gasteiger partial charge is 0.128 e. The van der Waals surface area contributed by atoms with Gasteiger partial charge >= 0.3 is 0 Å². The van der Waals surface area contributed by atoms with E-state index in [9.17, 15) is 0 Å². The SMILES string of the molecule is CCCC(NC)c1cc(C)cnc1N. The Hall–Kier alpha value is -1.09. The molecule has 0 aliphatic rings. The van der Waals surface area contributed by atoms with Gasteiger partial charge in [-0.15, -0.1) is 0 Å². The highest BCUT2D eigenvalue weighted by molar-refractivity contribution is 5.42. The van der Waals surface area contributed by atoms with E-state index in [0.29, 0.717) is 11.9 Å². The van der Waals surface area contributed by atoms with Crippen LogP contribution in [0.4, 0.5) is 5.82 Å². The van der Waals surface area contributed by atoms with Gasteiger partial charge < -0.3 is 11.1 Å². The normalized spacial score (nSPS) is 12.8. The van der Waals surface area contributed by atoms with Crippen molar-refractivity contribution in [3.05, 3.63) is 23.4 Å². The number of nitrogens with zero attached hydrogens (tertiary/aromatic N) is 1. The van der Waals surface area contributed by atoms with Crippen molar-refractivity contribution in [1.82, 2.24) is 10.3 Å². The maximum Gasteiger partial charge on any atom is 0.128 e. The molecule has 3 nitrogen and oxygen atoms in total. The first-order chi connectivity index (χ1) is 6.69. The number of nitrogens with two attached hydrogens (primary N) is 1. The highest BCUT2D eigenvalue weighted by Gasteiger charge is 2.11. The largest absolute Gasteiger partial charge is 0.383 e. The zero-order valence-corrected chi connectivity index (χ0v) is 9.17. The Labute approximate surface area is 85.7 Å². The van der Waals surface area contributed by atoms with Gasteiger partial charge in [0, 0.05) is 17.8 Å². The lowest BCUT2D eigenvalue weighted by atomic mass is 10.0. The maximum atomic E-state index is 5.85. The topological polar surface area (TPSA) is 50.9 Å². The molecule has 1 rings (SSSR count). The third-order valence-corrected chi connectivity index (χ3v) is 2.39. The highest BCUT2D eigenvalue weighted by atomic mass is 14.9. The fourth-order valence-electron chi connectivity index (χ4n) is 1.63. The summed E-state index contributed by atoms with van der Waals surface area (Å²) in [6, 6.07) is 2.44. The van der Waals surface area contributed by atoms with Crippen molar-refractivity contribution in [2.45, 2.75) is 32.7 Å². The molecule has 1 aromatic heterocycles. The molecule has 3 heteroatoms. The molecule has 1 atom stereocenters. The number of aromatic nitrogens is 1.